The Hall–Kier alpha value is -2.83. The summed E-state index contributed by atoms with van der Waals surface area (Å²) < 4.78 is 40.6. The van der Waals surface area contributed by atoms with Crippen LogP contribution in [0.5, 0.6) is 5.75 Å². The molecule has 2 rings (SSSR count). The summed E-state index contributed by atoms with van der Waals surface area (Å²) in [7, 11) is 0. The zero-order valence-electron chi connectivity index (χ0n) is 11.1. The molecule has 114 valence electrons. The van der Waals surface area contributed by atoms with Gasteiger partial charge in [-0.15, -0.1) is 13.2 Å². The number of carbonyl (C=O) groups excluding carboxylic acids is 2. The number of nitrogens with one attached hydrogen (secondary N) is 1. The second-order valence-electron chi connectivity index (χ2n) is 4.20. The van der Waals surface area contributed by atoms with Crippen molar-refractivity contribution in [3.05, 3.63) is 59.7 Å². The van der Waals surface area contributed by atoms with Crippen molar-refractivity contribution < 1.29 is 27.5 Å². The first kappa shape index (κ1) is 15.6. The van der Waals surface area contributed by atoms with Gasteiger partial charge in [-0.2, -0.15) is 0 Å². The molecule has 0 bridgehead atoms. The predicted octanol–water partition coefficient (Wildman–Crippen LogP) is 3.65. The highest BCUT2D eigenvalue weighted by Gasteiger charge is 2.32. The zero-order chi connectivity index (χ0) is 16.2. The minimum Gasteiger partial charge on any atom is -0.405 e. The smallest absolute Gasteiger partial charge is 0.405 e. The van der Waals surface area contributed by atoms with E-state index in [4.69, 9.17) is 0 Å². The Labute approximate surface area is 123 Å². The average molecular weight is 309 g/mol. The lowest BCUT2D eigenvalue weighted by atomic mass is 10.1. The average Bonchev–Trinajstić information content (AvgIpc) is 2.47. The third kappa shape index (κ3) is 3.85. The van der Waals surface area contributed by atoms with E-state index in [-0.39, 0.29) is 17.5 Å². The van der Waals surface area contributed by atoms with Crippen LogP contribution in [0.25, 0.3) is 0 Å². The predicted molar refractivity (Wildman–Crippen MR) is 72.9 cm³/mol. The quantitative estimate of drug-likeness (QED) is 0.877. The zero-order valence-corrected chi connectivity index (χ0v) is 11.1. The van der Waals surface area contributed by atoms with Crippen LogP contribution in [-0.2, 0) is 0 Å². The van der Waals surface area contributed by atoms with Gasteiger partial charge in [0.05, 0.1) is 11.3 Å². The Morgan fingerprint density at radius 1 is 1.05 bits per heavy atom. The van der Waals surface area contributed by atoms with Crippen molar-refractivity contribution in [2.45, 2.75) is 6.36 Å². The maximum Gasteiger partial charge on any atom is 0.573 e. The summed E-state index contributed by atoms with van der Waals surface area (Å²) in [6, 6.07) is 11.6. The molecule has 0 radical (unpaired) electrons. The van der Waals surface area contributed by atoms with Crippen molar-refractivity contribution in [2.24, 2.45) is 0 Å². The van der Waals surface area contributed by atoms with Crippen molar-refractivity contribution >= 4 is 17.9 Å². The number of hydrogen-bond acceptors (Lipinski definition) is 3. The van der Waals surface area contributed by atoms with Crippen molar-refractivity contribution in [3.63, 3.8) is 0 Å². The van der Waals surface area contributed by atoms with E-state index >= 15 is 0 Å². The van der Waals surface area contributed by atoms with E-state index in [1.165, 1.54) is 24.3 Å². The first-order chi connectivity index (χ1) is 10.4. The van der Waals surface area contributed by atoms with Crippen LogP contribution in [0.2, 0.25) is 0 Å². The third-order valence-electron chi connectivity index (χ3n) is 2.69. The monoisotopic (exact) mass is 309 g/mol. The van der Waals surface area contributed by atoms with E-state index in [0.29, 0.717) is 5.56 Å². The van der Waals surface area contributed by atoms with Gasteiger partial charge < -0.3 is 10.1 Å². The molecule has 4 nitrogen and oxygen atoms in total. The minimum absolute atomic E-state index is 0.0643. The van der Waals surface area contributed by atoms with Crippen LogP contribution in [0, 0.1) is 0 Å². The number of alkyl halides is 3. The van der Waals surface area contributed by atoms with Crippen LogP contribution < -0.4 is 10.1 Å². The largest absolute Gasteiger partial charge is 0.573 e. The van der Waals surface area contributed by atoms with Gasteiger partial charge in [-0.3, -0.25) is 9.59 Å². The van der Waals surface area contributed by atoms with E-state index in [1.54, 1.807) is 18.2 Å². The maximum atomic E-state index is 12.3. The molecule has 0 unspecified atom stereocenters. The van der Waals surface area contributed by atoms with E-state index < -0.39 is 18.0 Å². The fourth-order valence-corrected chi connectivity index (χ4v) is 1.77. The molecule has 2 aromatic rings. The summed E-state index contributed by atoms with van der Waals surface area (Å²) in [6.07, 6.45) is -4.73. The van der Waals surface area contributed by atoms with E-state index in [1.807, 2.05) is 0 Å². The molecular weight excluding hydrogens is 299 g/mol. The van der Waals surface area contributed by atoms with Crippen LogP contribution in [0.15, 0.2) is 48.5 Å². The highest BCUT2D eigenvalue weighted by molar-refractivity contribution is 6.06. The van der Waals surface area contributed by atoms with Gasteiger partial charge in [-0.05, 0) is 24.3 Å². The summed E-state index contributed by atoms with van der Waals surface area (Å²) in [4.78, 5) is 23.0. The van der Waals surface area contributed by atoms with Crippen LogP contribution in [-0.4, -0.2) is 18.6 Å². The van der Waals surface area contributed by atoms with Gasteiger partial charge in [0.25, 0.3) is 5.91 Å². The standard InChI is InChI=1S/C15H10F3NO3/c16-15(17,18)22-13-8-4-7-12(11(13)9-20)19-14(21)10-5-2-1-3-6-10/h1-9H,(H,19,21). The molecule has 0 aliphatic heterocycles. The Kier molecular flexibility index (Phi) is 4.45. The summed E-state index contributed by atoms with van der Waals surface area (Å²) in [5, 5.41) is 2.39. The van der Waals surface area contributed by atoms with Gasteiger partial charge in [0.2, 0.25) is 0 Å². The molecule has 0 spiro atoms. The van der Waals surface area contributed by atoms with E-state index in [0.717, 1.165) is 6.07 Å². The molecule has 0 heterocycles. The van der Waals surface area contributed by atoms with Crippen LogP contribution in [0.4, 0.5) is 18.9 Å². The van der Waals surface area contributed by atoms with Crippen LogP contribution in [0.3, 0.4) is 0 Å². The van der Waals surface area contributed by atoms with Gasteiger partial charge in [-0.1, -0.05) is 24.3 Å². The molecule has 0 atom stereocenters. The molecule has 0 fully saturated rings. The lowest BCUT2D eigenvalue weighted by Gasteiger charge is -2.14. The fourth-order valence-electron chi connectivity index (χ4n) is 1.77. The number of hydrogen-bond donors (Lipinski definition) is 1. The second-order valence-corrected chi connectivity index (χ2v) is 4.20. The van der Waals surface area contributed by atoms with Crippen molar-refractivity contribution in [1.29, 1.82) is 0 Å². The number of benzene rings is 2. The molecule has 0 aliphatic rings. The highest BCUT2D eigenvalue weighted by atomic mass is 19.4. The maximum absolute atomic E-state index is 12.3. The van der Waals surface area contributed by atoms with Crippen LogP contribution in [0.1, 0.15) is 20.7 Å². The summed E-state index contributed by atoms with van der Waals surface area (Å²) in [6.45, 7) is 0. The topological polar surface area (TPSA) is 55.4 Å². The molecule has 0 saturated carbocycles. The molecule has 1 amide bonds. The molecule has 0 aliphatic carbocycles. The summed E-state index contributed by atoms with van der Waals surface area (Å²) >= 11 is 0. The second kappa shape index (κ2) is 6.30. The molecule has 7 heteroatoms. The fraction of sp³-hybridized carbons (Fsp3) is 0.0667. The number of aldehydes is 1. The highest BCUT2D eigenvalue weighted by Crippen LogP contribution is 2.30. The number of ether oxygens (including phenoxy) is 1. The number of anilines is 1. The summed E-state index contributed by atoms with van der Waals surface area (Å²) in [5.41, 5.74) is -0.142. The molecule has 0 aromatic heterocycles. The molecule has 0 saturated heterocycles. The minimum atomic E-state index is -4.93. The third-order valence-corrected chi connectivity index (χ3v) is 2.69. The first-order valence-electron chi connectivity index (χ1n) is 6.11. The van der Waals surface area contributed by atoms with Gasteiger partial charge in [-0.25, -0.2) is 0 Å². The lowest BCUT2D eigenvalue weighted by molar-refractivity contribution is -0.274. The normalized spacial score (nSPS) is 10.9. The Balaban J connectivity index is 2.30. The number of carbonyl (C=O) groups is 2. The van der Waals surface area contributed by atoms with Crippen molar-refractivity contribution in [3.8, 4) is 5.75 Å². The van der Waals surface area contributed by atoms with Crippen molar-refractivity contribution in [1.82, 2.24) is 0 Å². The molecule has 2 aromatic carbocycles. The summed E-state index contributed by atoms with van der Waals surface area (Å²) in [5.74, 6) is -1.22. The number of halogens is 3. The molecule has 1 N–H and O–H groups in total. The van der Waals surface area contributed by atoms with Gasteiger partial charge >= 0.3 is 6.36 Å². The molecular formula is C15H10F3NO3. The molecule has 22 heavy (non-hydrogen) atoms. The number of amides is 1. The van der Waals surface area contributed by atoms with Crippen molar-refractivity contribution in [2.75, 3.05) is 5.32 Å². The number of rotatable bonds is 4. The van der Waals surface area contributed by atoms with E-state index in [2.05, 4.69) is 10.1 Å². The Bertz CT molecular complexity index is 684. The van der Waals surface area contributed by atoms with E-state index in [9.17, 15) is 22.8 Å². The van der Waals surface area contributed by atoms with Gasteiger partial charge in [0.1, 0.15) is 5.75 Å². The Morgan fingerprint density at radius 3 is 2.32 bits per heavy atom. The lowest BCUT2D eigenvalue weighted by Crippen LogP contribution is -2.19. The van der Waals surface area contributed by atoms with Gasteiger partial charge in [0.15, 0.2) is 6.29 Å². The van der Waals surface area contributed by atoms with Crippen LogP contribution >= 0.6 is 0 Å². The first-order valence-corrected chi connectivity index (χ1v) is 6.11. The van der Waals surface area contributed by atoms with Gasteiger partial charge in [0, 0.05) is 5.56 Å². The SMILES string of the molecule is O=Cc1c(NC(=O)c2ccccc2)cccc1OC(F)(F)F. The Morgan fingerprint density at radius 2 is 1.73 bits per heavy atom.